The lowest BCUT2D eigenvalue weighted by molar-refractivity contribution is 0.331. The van der Waals surface area contributed by atoms with E-state index in [0.29, 0.717) is 0 Å². The second-order valence-electron chi connectivity index (χ2n) is 7.56. The number of nitrogens with one attached hydrogen (secondary N) is 3. The Labute approximate surface area is 163 Å². The molecule has 1 aliphatic rings. The Morgan fingerprint density at radius 3 is 2.85 bits per heavy atom. The fourth-order valence-corrected chi connectivity index (χ4v) is 3.81. The van der Waals surface area contributed by atoms with Crippen LogP contribution in [0.1, 0.15) is 43.7 Å². The van der Waals surface area contributed by atoms with Gasteiger partial charge in [-0.1, -0.05) is 12.1 Å². The molecule has 148 valence electrons. The van der Waals surface area contributed by atoms with Gasteiger partial charge in [-0.05, 0) is 82.8 Å². The lowest BCUT2D eigenvalue weighted by Gasteiger charge is -2.14. The molecule has 0 aliphatic carbocycles. The summed E-state index contributed by atoms with van der Waals surface area (Å²) in [6, 6.07) is 6.61. The first kappa shape index (κ1) is 19.7. The van der Waals surface area contributed by atoms with Crippen LogP contribution in [0.2, 0.25) is 0 Å². The minimum absolute atomic E-state index is 0.889. The monoisotopic (exact) mass is 369 g/mol. The van der Waals surface area contributed by atoms with Crippen LogP contribution in [0.5, 0.6) is 0 Å². The van der Waals surface area contributed by atoms with Crippen molar-refractivity contribution in [1.29, 1.82) is 0 Å². The third-order valence-corrected chi connectivity index (χ3v) is 5.30. The van der Waals surface area contributed by atoms with E-state index in [0.717, 1.165) is 38.4 Å². The van der Waals surface area contributed by atoms with E-state index < -0.39 is 0 Å². The number of aromatic amines is 1. The smallest absolute Gasteiger partial charge is 0.191 e. The number of aromatic nitrogens is 1. The van der Waals surface area contributed by atoms with Gasteiger partial charge in [0, 0.05) is 36.7 Å². The van der Waals surface area contributed by atoms with Crippen LogP contribution in [0.3, 0.4) is 0 Å². The molecule has 1 aromatic carbocycles. The van der Waals surface area contributed by atoms with Gasteiger partial charge < -0.3 is 20.5 Å². The van der Waals surface area contributed by atoms with Crippen molar-refractivity contribution < 1.29 is 0 Å². The van der Waals surface area contributed by atoms with Crippen molar-refractivity contribution in [3.63, 3.8) is 0 Å². The van der Waals surface area contributed by atoms with Crippen LogP contribution in [0.4, 0.5) is 0 Å². The average molecular weight is 370 g/mol. The Morgan fingerprint density at radius 2 is 2.04 bits per heavy atom. The lowest BCUT2D eigenvalue weighted by Crippen LogP contribution is -2.38. The van der Waals surface area contributed by atoms with Crippen LogP contribution in [-0.4, -0.2) is 55.1 Å². The highest BCUT2D eigenvalue weighted by atomic mass is 15.2. The quantitative estimate of drug-likeness (QED) is 0.360. The zero-order valence-corrected chi connectivity index (χ0v) is 17.0. The number of unbranched alkanes of at least 4 members (excludes halogenated alkanes) is 1. The normalized spacial score (nSPS) is 15.6. The van der Waals surface area contributed by atoms with Gasteiger partial charge in [0.2, 0.25) is 0 Å². The lowest BCUT2D eigenvalue weighted by atomic mass is 10.1. The Balaban J connectivity index is 1.41. The van der Waals surface area contributed by atoms with Crippen molar-refractivity contribution >= 4 is 16.9 Å². The molecular weight excluding hydrogens is 334 g/mol. The van der Waals surface area contributed by atoms with E-state index >= 15 is 0 Å². The van der Waals surface area contributed by atoms with Gasteiger partial charge in [-0.15, -0.1) is 0 Å². The van der Waals surface area contributed by atoms with E-state index in [1.54, 1.807) is 0 Å². The number of rotatable bonds is 9. The minimum Gasteiger partial charge on any atom is -0.361 e. The maximum Gasteiger partial charge on any atom is 0.191 e. The van der Waals surface area contributed by atoms with Gasteiger partial charge >= 0.3 is 0 Å². The van der Waals surface area contributed by atoms with E-state index in [1.165, 1.54) is 60.9 Å². The van der Waals surface area contributed by atoms with Gasteiger partial charge in [0.05, 0.1) is 0 Å². The van der Waals surface area contributed by atoms with E-state index in [9.17, 15) is 0 Å². The molecule has 2 aromatic rings. The molecule has 5 nitrogen and oxygen atoms in total. The molecule has 1 aliphatic heterocycles. The summed E-state index contributed by atoms with van der Waals surface area (Å²) in [5.74, 6) is 0.939. The highest BCUT2D eigenvalue weighted by Gasteiger charge is 2.10. The first-order valence-corrected chi connectivity index (χ1v) is 10.6. The molecule has 0 unspecified atom stereocenters. The van der Waals surface area contributed by atoms with E-state index in [2.05, 4.69) is 58.8 Å². The predicted molar refractivity (Wildman–Crippen MR) is 116 cm³/mol. The molecule has 0 radical (unpaired) electrons. The highest BCUT2D eigenvalue weighted by molar-refractivity contribution is 5.84. The molecule has 0 amide bonds. The number of hydrogen-bond acceptors (Lipinski definition) is 2. The van der Waals surface area contributed by atoms with Gasteiger partial charge in [0.1, 0.15) is 0 Å². The number of benzene rings is 1. The second-order valence-corrected chi connectivity index (χ2v) is 7.56. The van der Waals surface area contributed by atoms with Crippen molar-refractivity contribution in [2.45, 2.75) is 46.0 Å². The fourth-order valence-electron chi connectivity index (χ4n) is 3.81. The topological polar surface area (TPSA) is 55.5 Å². The number of aryl methyl sites for hydroxylation is 1. The Kier molecular flexibility index (Phi) is 7.57. The molecule has 3 N–H and O–H groups in total. The Hall–Kier alpha value is -2.01. The molecule has 0 bridgehead atoms. The van der Waals surface area contributed by atoms with Crippen molar-refractivity contribution in [1.82, 2.24) is 20.5 Å². The minimum atomic E-state index is 0.889. The zero-order chi connectivity index (χ0) is 18.9. The van der Waals surface area contributed by atoms with E-state index in [1.807, 2.05) is 0 Å². The molecule has 0 spiro atoms. The molecule has 0 atom stereocenters. The summed E-state index contributed by atoms with van der Waals surface area (Å²) in [4.78, 5) is 10.7. The summed E-state index contributed by atoms with van der Waals surface area (Å²) in [7, 11) is 0. The third-order valence-electron chi connectivity index (χ3n) is 5.30. The highest BCUT2D eigenvalue weighted by Crippen LogP contribution is 2.19. The van der Waals surface area contributed by atoms with E-state index in [-0.39, 0.29) is 0 Å². The fraction of sp³-hybridized carbons (Fsp3) is 0.591. The van der Waals surface area contributed by atoms with Crippen molar-refractivity contribution in [3.05, 3.63) is 35.5 Å². The zero-order valence-electron chi connectivity index (χ0n) is 17.0. The number of likely N-dealkylation sites (tertiary alicyclic amines) is 1. The first-order chi connectivity index (χ1) is 13.3. The molecule has 1 saturated heterocycles. The van der Waals surface area contributed by atoms with Gasteiger partial charge in [0.25, 0.3) is 0 Å². The SMILES string of the molecule is CCNC(=NCCCCN1CCCC1)NCCc1c[nH]c2cc(C)ccc12. The van der Waals surface area contributed by atoms with Crippen molar-refractivity contribution in [2.75, 3.05) is 39.3 Å². The summed E-state index contributed by atoms with van der Waals surface area (Å²) in [6.07, 6.45) is 8.29. The number of H-pyrrole nitrogens is 1. The number of nitrogens with zero attached hydrogens (tertiary/aromatic N) is 2. The van der Waals surface area contributed by atoms with Crippen LogP contribution >= 0.6 is 0 Å². The maximum absolute atomic E-state index is 4.74. The summed E-state index contributed by atoms with van der Waals surface area (Å²) < 4.78 is 0. The standard InChI is InChI=1S/C22H35N5/c1-3-23-22(24-11-4-5-13-27-14-6-7-15-27)25-12-10-19-17-26-21-16-18(2)8-9-20(19)21/h8-9,16-17,26H,3-7,10-15H2,1-2H3,(H2,23,24,25). The van der Waals surface area contributed by atoms with Gasteiger partial charge in [-0.25, -0.2) is 0 Å². The van der Waals surface area contributed by atoms with Crippen molar-refractivity contribution in [2.24, 2.45) is 4.99 Å². The first-order valence-electron chi connectivity index (χ1n) is 10.6. The molecular formula is C22H35N5. The summed E-state index contributed by atoms with van der Waals surface area (Å²) in [6.45, 7) is 10.8. The van der Waals surface area contributed by atoms with Gasteiger partial charge in [-0.3, -0.25) is 4.99 Å². The maximum atomic E-state index is 4.74. The average Bonchev–Trinajstić information content (AvgIpc) is 3.31. The molecule has 1 fully saturated rings. The number of hydrogen-bond donors (Lipinski definition) is 3. The van der Waals surface area contributed by atoms with Crippen LogP contribution in [0, 0.1) is 6.92 Å². The van der Waals surface area contributed by atoms with Crippen LogP contribution < -0.4 is 10.6 Å². The summed E-state index contributed by atoms with van der Waals surface area (Å²) in [5, 5.41) is 8.17. The number of fused-ring (bicyclic) bond motifs is 1. The Morgan fingerprint density at radius 1 is 1.19 bits per heavy atom. The Bertz CT molecular complexity index is 727. The molecule has 5 heteroatoms. The predicted octanol–water partition coefficient (Wildman–Crippen LogP) is 3.45. The van der Waals surface area contributed by atoms with Gasteiger partial charge in [0.15, 0.2) is 5.96 Å². The molecule has 0 saturated carbocycles. The molecule has 2 heterocycles. The molecule has 27 heavy (non-hydrogen) atoms. The van der Waals surface area contributed by atoms with Crippen LogP contribution in [0.15, 0.2) is 29.4 Å². The largest absolute Gasteiger partial charge is 0.361 e. The molecule has 1 aromatic heterocycles. The number of aliphatic imine (C=N–C) groups is 1. The number of guanidine groups is 1. The second kappa shape index (κ2) is 10.4. The third kappa shape index (κ3) is 5.99. The summed E-state index contributed by atoms with van der Waals surface area (Å²) in [5.41, 5.74) is 3.88. The van der Waals surface area contributed by atoms with Crippen molar-refractivity contribution in [3.8, 4) is 0 Å². The van der Waals surface area contributed by atoms with E-state index in [4.69, 9.17) is 4.99 Å². The summed E-state index contributed by atoms with van der Waals surface area (Å²) >= 11 is 0. The van der Waals surface area contributed by atoms with Crippen LogP contribution in [0.25, 0.3) is 10.9 Å². The molecule has 3 rings (SSSR count). The van der Waals surface area contributed by atoms with Crippen LogP contribution in [-0.2, 0) is 6.42 Å². The van der Waals surface area contributed by atoms with Gasteiger partial charge in [-0.2, -0.15) is 0 Å².